The van der Waals surface area contributed by atoms with Crippen LogP contribution in [0.15, 0.2) is 47.4 Å². The topological polar surface area (TPSA) is 72.5 Å². The highest BCUT2D eigenvalue weighted by molar-refractivity contribution is 7.92. The second kappa shape index (κ2) is 6.10. The molecule has 0 unspecified atom stereocenters. The van der Waals surface area contributed by atoms with Crippen LogP contribution in [-0.2, 0) is 14.8 Å². The van der Waals surface area contributed by atoms with Crippen LogP contribution in [0.25, 0.3) is 0 Å². The van der Waals surface area contributed by atoms with Crippen LogP contribution in [0.5, 0.6) is 0 Å². The molecule has 22 heavy (non-hydrogen) atoms. The SMILES string of the molecule is COC(=O)c1cccc(NS(=O)(=O)c2ccc(F)cc2F)c1. The number of ether oxygens (including phenoxy) is 1. The van der Waals surface area contributed by atoms with Gasteiger partial charge in [0.2, 0.25) is 0 Å². The summed E-state index contributed by atoms with van der Waals surface area (Å²) in [5, 5.41) is 0. The first-order valence-corrected chi connectivity index (χ1v) is 7.48. The van der Waals surface area contributed by atoms with E-state index in [0.29, 0.717) is 6.07 Å². The molecular weight excluding hydrogens is 316 g/mol. The summed E-state index contributed by atoms with van der Waals surface area (Å²) >= 11 is 0. The molecule has 2 aromatic carbocycles. The molecule has 2 rings (SSSR count). The van der Waals surface area contributed by atoms with Gasteiger partial charge in [0, 0.05) is 11.8 Å². The van der Waals surface area contributed by atoms with Gasteiger partial charge in [0.1, 0.15) is 16.5 Å². The number of carbonyl (C=O) groups is 1. The molecule has 0 aliphatic heterocycles. The van der Waals surface area contributed by atoms with E-state index in [-0.39, 0.29) is 11.3 Å². The zero-order valence-electron chi connectivity index (χ0n) is 11.3. The Morgan fingerprint density at radius 2 is 1.86 bits per heavy atom. The van der Waals surface area contributed by atoms with Crippen molar-refractivity contribution >= 4 is 21.7 Å². The van der Waals surface area contributed by atoms with Crippen LogP contribution in [0.4, 0.5) is 14.5 Å². The fourth-order valence-corrected chi connectivity index (χ4v) is 2.84. The Morgan fingerprint density at radius 3 is 2.50 bits per heavy atom. The first-order chi connectivity index (χ1) is 10.3. The molecule has 0 aliphatic rings. The van der Waals surface area contributed by atoms with Crippen LogP contribution in [0.3, 0.4) is 0 Å². The Kier molecular flexibility index (Phi) is 4.41. The van der Waals surface area contributed by atoms with Gasteiger partial charge in [0.25, 0.3) is 10.0 Å². The number of methoxy groups -OCH3 is 1. The summed E-state index contributed by atoms with van der Waals surface area (Å²) in [6.07, 6.45) is 0. The van der Waals surface area contributed by atoms with Gasteiger partial charge in [-0.2, -0.15) is 0 Å². The van der Waals surface area contributed by atoms with Crippen LogP contribution in [-0.4, -0.2) is 21.5 Å². The number of anilines is 1. The van der Waals surface area contributed by atoms with Gasteiger partial charge in [0.15, 0.2) is 0 Å². The van der Waals surface area contributed by atoms with Crippen molar-refractivity contribution in [3.63, 3.8) is 0 Å². The molecular formula is C14H11F2NO4S. The second-order valence-electron chi connectivity index (χ2n) is 4.25. The van der Waals surface area contributed by atoms with Gasteiger partial charge >= 0.3 is 5.97 Å². The number of nitrogens with one attached hydrogen (secondary N) is 1. The molecule has 1 N–H and O–H groups in total. The van der Waals surface area contributed by atoms with E-state index in [1.807, 2.05) is 0 Å². The first kappa shape index (κ1) is 15.9. The molecule has 0 saturated carbocycles. The lowest BCUT2D eigenvalue weighted by atomic mass is 10.2. The summed E-state index contributed by atoms with van der Waals surface area (Å²) in [4.78, 5) is 10.7. The van der Waals surface area contributed by atoms with Gasteiger partial charge in [-0.05, 0) is 30.3 Å². The molecule has 0 aromatic heterocycles. The van der Waals surface area contributed by atoms with Crippen LogP contribution < -0.4 is 4.72 Å². The fraction of sp³-hybridized carbons (Fsp3) is 0.0714. The van der Waals surface area contributed by atoms with Crippen molar-refractivity contribution in [3.05, 3.63) is 59.7 Å². The summed E-state index contributed by atoms with van der Waals surface area (Å²) in [5.74, 6) is -2.74. The quantitative estimate of drug-likeness (QED) is 0.876. The maximum atomic E-state index is 13.6. The highest BCUT2D eigenvalue weighted by Crippen LogP contribution is 2.20. The summed E-state index contributed by atoms with van der Waals surface area (Å²) < 4.78 is 57.2. The van der Waals surface area contributed by atoms with E-state index < -0.39 is 32.5 Å². The summed E-state index contributed by atoms with van der Waals surface area (Å²) in [7, 11) is -3.07. The van der Waals surface area contributed by atoms with Gasteiger partial charge in [-0.1, -0.05) is 6.07 Å². The molecule has 0 bridgehead atoms. The molecule has 0 heterocycles. The van der Waals surface area contributed by atoms with Gasteiger partial charge in [-0.3, -0.25) is 4.72 Å². The molecule has 0 atom stereocenters. The van der Waals surface area contributed by atoms with Crippen LogP contribution >= 0.6 is 0 Å². The first-order valence-electron chi connectivity index (χ1n) is 6.00. The maximum Gasteiger partial charge on any atom is 0.337 e. The Balaban J connectivity index is 2.35. The Morgan fingerprint density at radius 1 is 1.14 bits per heavy atom. The lowest BCUT2D eigenvalue weighted by Gasteiger charge is -2.09. The van der Waals surface area contributed by atoms with Crippen molar-refractivity contribution in [3.8, 4) is 0 Å². The maximum absolute atomic E-state index is 13.6. The molecule has 5 nitrogen and oxygen atoms in total. The van der Waals surface area contributed by atoms with Gasteiger partial charge in [-0.15, -0.1) is 0 Å². The molecule has 0 amide bonds. The van der Waals surface area contributed by atoms with Crippen molar-refractivity contribution < 1.29 is 26.7 Å². The van der Waals surface area contributed by atoms with Crippen LogP contribution in [0.2, 0.25) is 0 Å². The number of hydrogen-bond donors (Lipinski definition) is 1. The Bertz CT molecular complexity index is 821. The molecule has 0 fully saturated rings. The van der Waals surface area contributed by atoms with E-state index >= 15 is 0 Å². The van der Waals surface area contributed by atoms with Crippen molar-refractivity contribution in [1.29, 1.82) is 0 Å². The minimum Gasteiger partial charge on any atom is -0.465 e. The van der Waals surface area contributed by atoms with Crippen molar-refractivity contribution in [2.75, 3.05) is 11.8 Å². The predicted molar refractivity (Wildman–Crippen MR) is 74.9 cm³/mol. The van der Waals surface area contributed by atoms with E-state index in [9.17, 15) is 22.0 Å². The van der Waals surface area contributed by atoms with E-state index in [1.165, 1.54) is 31.4 Å². The molecule has 0 spiro atoms. The molecule has 0 aliphatic carbocycles. The van der Waals surface area contributed by atoms with Crippen molar-refractivity contribution in [1.82, 2.24) is 0 Å². The van der Waals surface area contributed by atoms with Gasteiger partial charge < -0.3 is 4.74 Å². The Labute approximate surface area is 125 Å². The number of halogens is 2. The van der Waals surface area contributed by atoms with Crippen LogP contribution in [0.1, 0.15) is 10.4 Å². The zero-order chi connectivity index (χ0) is 16.3. The smallest absolute Gasteiger partial charge is 0.337 e. The van der Waals surface area contributed by atoms with E-state index in [0.717, 1.165) is 12.1 Å². The highest BCUT2D eigenvalue weighted by Gasteiger charge is 2.20. The number of rotatable bonds is 4. The lowest BCUT2D eigenvalue weighted by molar-refractivity contribution is 0.0600. The molecule has 2 aromatic rings. The molecule has 0 radical (unpaired) electrons. The van der Waals surface area contributed by atoms with E-state index in [4.69, 9.17) is 0 Å². The largest absolute Gasteiger partial charge is 0.465 e. The minimum absolute atomic E-state index is 0.0478. The molecule has 116 valence electrons. The van der Waals surface area contributed by atoms with E-state index in [2.05, 4.69) is 9.46 Å². The normalized spacial score (nSPS) is 11.0. The highest BCUT2D eigenvalue weighted by atomic mass is 32.2. The number of esters is 1. The third-order valence-corrected chi connectivity index (χ3v) is 4.13. The average Bonchev–Trinajstić information content (AvgIpc) is 2.45. The standard InChI is InChI=1S/C14H11F2NO4S/c1-21-14(18)9-3-2-4-11(7-9)17-22(19,20)13-6-5-10(15)8-12(13)16/h2-8,17H,1H3. The number of hydrogen-bond acceptors (Lipinski definition) is 4. The fourth-order valence-electron chi connectivity index (χ4n) is 1.73. The monoisotopic (exact) mass is 327 g/mol. The molecule has 0 saturated heterocycles. The van der Waals surface area contributed by atoms with Crippen molar-refractivity contribution in [2.24, 2.45) is 0 Å². The Hall–Kier alpha value is -2.48. The number of benzene rings is 2. The number of sulfonamides is 1. The van der Waals surface area contributed by atoms with Gasteiger partial charge in [-0.25, -0.2) is 22.0 Å². The minimum atomic E-state index is -4.25. The summed E-state index contributed by atoms with van der Waals surface area (Å²) in [6, 6.07) is 7.61. The number of carbonyl (C=O) groups excluding carboxylic acids is 1. The summed E-state index contributed by atoms with van der Waals surface area (Å²) in [5.41, 5.74) is 0.175. The lowest BCUT2D eigenvalue weighted by Crippen LogP contribution is -2.15. The zero-order valence-corrected chi connectivity index (χ0v) is 12.2. The average molecular weight is 327 g/mol. The third kappa shape index (κ3) is 3.40. The van der Waals surface area contributed by atoms with Crippen molar-refractivity contribution in [2.45, 2.75) is 4.90 Å². The third-order valence-electron chi connectivity index (χ3n) is 2.72. The second-order valence-corrected chi connectivity index (χ2v) is 5.90. The van der Waals surface area contributed by atoms with E-state index in [1.54, 1.807) is 0 Å². The van der Waals surface area contributed by atoms with Gasteiger partial charge in [0.05, 0.1) is 12.7 Å². The summed E-state index contributed by atoms with van der Waals surface area (Å²) in [6.45, 7) is 0. The van der Waals surface area contributed by atoms with Crippen LogP contribution in [0, 0.1) is 11.6 Å². The molecule has 8 heteroatoms. The predicted octanol–water partition coefficient (Wildman–Crippen LogP) is 2.55.